The van der Waals surface area contributed by atoms with Crippen molar-refractivity contribution in [1.82, 2.24) is 10.9 Å². The Morgan fingerprint density at radius 3 is 2.41 bits per heavy atom. The lowest BCUT2D eigenvalue weighted by Crippen LogP contribution is -2.39. The predicted molar refractivity (Wildman–Crippen MR) is 104 cm³/mol. The predicted octanol–water partition coefficient (Wildman–Crippen LogP) is 4.13. The average Bonchev–Trinajstić information content (AvgIpc) is 2.59. The Kier molecular flexibility index (Phi) is 6.40. The summed E-state index contributed by atoms with van der Waals surface area (Å²) in [5, 5.41) is 5.08. The minimum Gasteiger partial charge on any atom is -0.331 e. The van der Waals surface area contributed by atoms with Crippen LogP contribution in [0, 0.1) is 0 Å². The first-order valence-corrected chi connectivity index (χ1v) is 8.14. The fourth-order valence-electron chi connectivity index (χ4n) is 2.19. The van der Waals surface area contributed by atoms with Gasteiger partial charge in [-0.2, -0.15) is 13.2 Å². The number of hydrazine groups is 1. The molecule has 0 spiro atoms. The summed E-state index contributed by atoms with van der Waals surface area (Å²) in [6.45, 7) is 5.22. The standard InChI is InChI=1S/C18H17F3N4OS/c1-11(13-6-5-7-14(10-13)22-12(2)26)24-25-17(27)23-16-9-4-3-8-15(16)18(19,20)21/h3-10,24H,1H2,2H3,(H,22,26)(H2,23,25,27). The molecule has 0 radical (unpaired) electrons. The molecule has 0 bridgehead atoms. The molecule has 0 aliphatic carbocycles. The van der Waals surface area contributed by atoms with Crippen LogP contribution >= 0.6 is 12.2 Å². The zero-order chi connectivity index (χ0) is 20.0. The van der Waals surface area contributed by atoms with E-state index >= 15 is 0 Å². The third-order valence-corrected chi connectivity index (χ3v) is 3.54. The van der Waals surface area contributed by atoms with E-state index in [2.05, 4.69) is 28.1 Å². The Labute approximate surface area is 159 Å². The number of benzene rings is 2. The van der Waals surface area contributed by atoms with E-state index in [0.717, 1.165) is 6.07 Å². The lowest BCUT2D eigenvalue weighted by molar-refractivity contribution is -0.136. The topological polar surface area (TPSA) is 65.2 Å². The fourth-order valence-corrected chi connectivity index (χ4v) is 2.35. The minimum absolute atomic E-state index is 0.0640. The van der Waals surface area contributed by atoms with Crippen molar-refractivity contribution in [2.75, 3.05) is 10.6 Å². The molecule has 142 valence electrons. The second-order valence-electron chi connectivity index (χ2n) is 5.49. The van der Waals surface area contributed by atoms with Gasteiger partial charge in [-0.1, -0.05) is 30.8 Å². The Hall–Kier alpha value is -3.07. The molecular weight excluding hydrogens is 377 g/mol. The minimum atomic E-state index is -4.50. The van der Waals surface area contributed by atoms with Gasteiger partial charge in [-0.05, 0) is 36.5 Å². The number of para-hydroxylation sites is 1. The third-order valence-electron chi connectivity index (χ3n) is 3.34. The number of halogens is 3. The number of carbonyl (C=O) groups excluding carboxylic acids is 1. The molecule has 1 amide bonds. The maximum atomic E-state index is 13.0. The van der Waals surface area contributed by atoms with Gasteiger partial charge in [-0.3, -0.25) is 15.6 Å². The van der Waals surface area contributed by atoms with E-state index in [-0.39, 0.29) is 16.7 Å². The van der Waals surface area contributed by atoms with Crippen molar-refractivity contribution in [1.29, 1.82) is 0 Å². The summed E-state index contributed by atoms with van der Waals surface area (Å²) >= 11 is 5.02. The highest BCUT2D eigenvalue weighted by Gasteiger charge is 2.33. The van der Waals surface area contributed by atoms with Gasteiger partial charge in [0.2, 0.25) is 5.91 Å². The summed E-state index contributed by atoms with van der Waals surface area (Å²) in [4.78, 5) is 11.1. The van der Waals surface area contributed by atoms with E-state index in [4.69, 9.17) is 12.2 Å². The summed E-state index contributed by atoms with van der Waals surface area (Å²) in [5.41, 5.74) is 5.97. The summed E-state index contributed by atoms with van der Waals surface area (Å²) in [6, 6.07) is 11.9. The molecular formula is C18H17F3N4OS. The van der Waals surface area contributed by atoms with E-state index in [9.17, 15) is 18.0 Å². The summed E-state index contributed by atoms with van der Waals surface area (Å²) in [5.74, 6) is -0.211. The van der Waals surface area contributed by atoms with Gasteiger partial charge in [0.1, 0.15) is 0 Å². The van der Waals surface area contributed by atoms with Gasteiger partial charge in [0, 0.05) is 18.2 Å². The largest absolute Gasteiger partial charge is 0.418 e. The van der Waals surface area contributed by atoms with Crippen LogP contribution in [0.3, 0.4) is 0 Å². The van der Waals surface area contributed by atoms with Crippen molar-refractivity contribution in [3.63, 3.8) is 0 Å². The molecule has 2 aromatic rings. The van der Waals surface area contributed by atoms with Crippen molar-refractivity contribution in [3.8, 4) is 0 Å². The number of rotatable bonds is 5. The molecule has 0 aromatic heterocycles. The van der Waals surface area contributed by atoms with Crippen LogP contribution in [0.1, 0.15) is 18.1 Å². The quantitative estimate of drug-likeness (QED) is 0.454. The third kappa shape index (κ3) is 6.00. The van der Waals surface area contributed by atoms with E-state index in [1.54, 1.807) is 24.3 Å². The first-order chi connectivity index (χ1) is 12.7. The molecule has 27 heavy (non-hydrogen) atoms. The van der Waals surface area contributed by atoms with Crippen LogP contribution in [-0.4, -0.2) is 11.0 Å². The lowest BCUT2D eigenvalue weighted by atomic mass is 10.1. The molecule has 0 atom stereocenters. The second-order valence-corrected chi connectivity index (χ2v) is 5.90. The number of hydrogen-bond acceptors (Lipinski definition) is 3. The van der Waals surface area contributed by atoms with Crippen LogP contribution < -0.4 is 21.5 Å². The van der Waals surface area contributed by atoms with E-state index in [1.165, 1.54) is 25.1 Å². The highest BCUT2D eigenvalue weighted by Crippen LogP contribution is 2.34. The fraction of sp³-hybridized carbons (Fsp3) is 0.111. The maximum Gasteiger partial charge on any atom is 0.418 e. The van der Waals surface area contributed by atoms with Gasteiger partial charge >= 0.3 is 6.18 Å². The van der Waals surface area contributed by atoms with Crippen molar-refractivity contribution in [2.45, 2.75) is 13.1 Å². The Morgan fingerprint density at radius 1 is 1.04 bits per heavy atom. The van der Waals surface area contributed by atoms with Gasteiger partial charge in [-0.25, -0.2) is 0 Å². The smallest absolute Gasteiger partial charge is 0.331 e. The van der Waals surface area contributed by atoms with Crippen molar-refractivity contribution >= 4 is 40.3 Å². The molecule has 5 nitrogen and oxygen atoms in total. The molecule has 0 aliphatic rings. The van der Waals surface area contributed by atoms with Gasteiger partial charge in [0.05, 0.1) is 16.9 Å². The van der Waals surface area contributed by atoms with Gasteiger partial charge in [-0.15, -0.1) is 0 Å². The molecule has 9 heteroatoms. The first kappa shape index (κ1) is 20.2. The van der Waals surface area contributed by atoms with E-state index in [1.807, 2.05) is 0 Å². The SMILES string of the molecule is C=C(NNC(=S)Nc1ccccc1C(F)(F)F)c1cccc(NC(C)=O)c1. The molecule has 0 saturated heterocycles. The van der Waals surface area contributed by atoms with Crippen LogP contribution in [0.2, 0.25) is 0 Å². The molecule has 4 N–H and O–H groups in total. The molecule has 0 heterocycles. The zero-order valence-corrected chi connectivity index (χ0v) is 15.1. The number of carbonyl (C=O) groups is 1. The average molecular weight is 394 g/mol. The maximum absolute atomic E-state index is 13.0. The van der Waals surface area contributed by atoms with Crippen LogP contribution in [0.5, 0.6) is 0 Å². The van der Waals surface area contributed by atoms with Gasteiger partial charge in [0.25, 0.3) is 0 Å². The molecule has 2 aromatic carbocycles. The van der Waals surface area contributed by atoms with E-state index in [0.29, 0.717) is 16.9 Å². The molecule has 0 saturated carbocycles. The number of hydrogen-bond donors (Lipinski definition) is 4. The Bertz CT molecular complexity index is 868. The number of thiocarbonyl (C=S) groups is 1. The highest BCUT2D eigenvalue weighted by molar-refractivity contribution is 7.80. The molecule has 0 aliphatic heterocycles. The first-order valence-electron chi connectivity index (χ1n) is 7.73. The van der Waals surface area contributed by atoms with Gasteiger partial charge < -0.3 is 10.6 Å². The number of nitrogens with one attached hydrogen (secondary N) is 4. The summed E-state index contributed by atoms with van der Waals surface area (Å²) in [7, 11) is 0. The van der Waals surface area contributed by atoms with Crippen LogP contribution in [0.15, 0.2) is 55.1 Å². The normalized spacial score (nSPS) is 10.7. The molecule has 2 rings (SSSR count). The van der Waals surface area contributed by atoms with Crippen molar-refractivity contribution in [3.05, 3.63) is 66.2 Å². The number of anilines is 2. The van der Waals surface area contributed by atoms with Crippen molar-refractivity contribution in [2.24, 2.45) is 0 Å². The lowest BCUT2D eigenvalue weighted by Gasteiger charge is -2.17. The molecule has 0 unspecified atom stereocenters. The van der Waals surface area contributed by atoms with Crippen LogP contribution in [0.4, 0.5) is 24.5 Å². The summed E-state index contributed by atoms with van der Waals surface area (Å²) < 4.78 is 39.0. The van der Waals surface area contributed by atoms with Crippen molar-refractivity contribution < 1.29 is 18.0 Å². The summed E-state index contributed by atoms with van der Waals surface area (Å²) in [6.07, 6.45) is -4.50. The van der Waals surface area contributed by atoms with Crippen LogP contribution in [-0.2, 0) is 11.0 Å². The Morgan fingerprint density at radius 2 is 1.74 bits per heavy atom. The molecule has 0 fully saturated rings. The monoisotopic (exact) mass is 394 g/mol. The Balaban J connectivity index is 1.98. The zero-order valence-electron chi connectivity index (χ0n) is 14.3. The second kappa shape index (κ2) is 8.54. The van der Waals surface area contributed by atoms with Crippen LogP contribution in [0.25, 0.3) is 5.70 Å². The van der Waals surface area contributed by atoms with Gasteiger partial charge in [0.15, 0.2) is 5.11 Å². The number of amides is 1. The number of alkyl halides is 3. The van der Waals surface area contributed by atoms with E-state index < -0.39 is 11.7 Å². The highest BCUT2D eigenvalue weighted by atomic mass is 32.1.